The Kier molecular flexibility index (Phi) is 16.0. The molecule has 2 rings (SSSR count). The summed E-state index contributed by atoms with van der Waals surface area (Å²) in [5, 5.41) is 8.88. The van der Waals surface area contributed by atoms with Crippen molar-refractivity contribution in [1.29, 1.82) is 0 Å². The Morgan fingerprint density at radius 3 is 1.53 bits per heavy atom. The first-order chi connectivity index (χ1) is 16.7. The summed E-state index contributed by atoms with van der Waals surface area (Å²) in [6.45, 7) is 9.43. The quantitative estimate of drug-likeness (QED) is 0.208. The molecule has 1 aromatic carbocycles. The van der Waals surface area contributed by atoms with Gasteiger partial charge in [0, 0.05) is 32.7 Å². The highest BCUT2D eigenvalue weighted by atomic mass is 16.4. The van der Waals surface area contributed by atoms with Crippen molar-refractivity contribution in [2.45, 2.75) is 110 Å². The van der Waals surface area contributed by atoms with Gasteiger partial charge in [0.1, 0.15) is 0 Å². The summed E-state index contributed by atoms with van der Waals surface area (Å²) in [6.07, 6.45) is 21.2. The predicted molar refractivity (Wildman–Crippen MR) is 145 cm³/mol. The van der Waals surface area contributed by atoms with Crippen LogP contribution in [-0.2, 0) is 17.6 Å². The number of carboxylic acids is 1. The molecule has 0 aliphatic carbocycles. The zero-order valence-electron chi connectivity index (χ0n) is 22.1. The van der Waals surface area contributed by atoms with Crippen LogP contribution in [0, 0.1) is 0 Å². The number of piperazine rings is 1. The number of benzene rings is 1. The van der Waals surface area contributed by atoms with Gasteiger partial charge in [-0.2, -0.15) is 0 Å². The van der Waals surface area contributed by atoms with Crippen LogP contribution in [0.15, 0.2) is 24.3 Å². The van der Waals surface area contributed by atoms with Gasteiger partial charge in [-0.3, -0.25) is 4.79 Å². The van der Waals surface area contributed by atoms with Gasteiger partial charge in [-0.15, -0.1) is 0 Å². The smallest absolute Gasteiger partial charge is 0.307 e. The van der Waals surface area contributed by atoms with E-state index in [-0.39, 0.29) is 6.42 Å². The van der Waals surface area contributed by atoms with Gasteiger partial charge < -0.3 is 14.9 Å². The molecular formula is C30H52N2O2. The summed E-state index contributed by atoms with van der Waals surface area (Å²) in [4.78, 5) is 16.0. The fourth-order valence-corrected chi connectivity index (χ4v) is 5.05. The highest BCUT2D eigenvalue weighted by Crippen LogP contribution is 2.14. The standard InChI is InChI=1S/C30H52N2O2/c1-2-3-4-5-6-7-8-9-10-11-12-13-14-15-21-31-23-25-32(26-24-31)22-20-28-16-18-29(19-17-28)27-30(33)34/h16-19H,2-15,20-27H2,1H3,(H,33,34). The van der Waals surface area contributed by atoms with Gasteiger partial charge in [-0.1, -0.05) is 115 Å². The Morgan fingerprint density at radius 1 is 0.647 bits per heavy atom. The minimum atomic E-state index is -0.764. The van der Waals surface area contributed by atoms with Crippen molar-refractivity contribution in [3.8, 4) is 0 Å². The summed E-state index contributed by atoms with van der Waals surface area (Å²) >= 11 is 0. The molecule has 194 valence electrons. The highest BCUT2D eigenvalue weighted by Gasteiger charge is 2.16. The van der Waals surface area contributed by atoms with Crippen LogP contribution in [0.5, 0.6) is 0 Å². The Morgan fingerprint density at radius 2 is 1.06 bits per heavy atom. The third-order valence-electron chi connectivity index (χ3n) is 7.39. The van der Waals surface area contributed by atoms with Crippen LogP contribution in [0.2, 0.25) is 0 Å². The zero-order valence-corrected chi connectivity index (χ0v) is 22.1. The number of unbranched alkanes of at least 4 members (excludes halogenated alkanes) is 13. The Bertz CT molecular complexity index is 623. The number of nitrogens with zero attached hydrogens (tertiary/aromatic N) is 2. The normalized spacial score (nSPS) is 15.1. The lowest BCUT2D eigenvalue weighted by Crippen LogP contribution is -2.47. The van der Waals surface area contributed by atoms with Crippen LogP contribution >= 0.6 is 0 Å². The molecular weight excluding hydrogens is 420 g/mol. The number of carboxylic acid groups (broad SMARTS) is 1. The summed E-state index contributed by atoms with van der Waals surface area (Å²) in [7, 11) is 0. The van der Waals surface area contributed by atoms with Gasteiger partial charge in [-0.25, -0.2) is 0 Å². The summed E-state index contributed by atoms with van der Waals surface area (Å²) < 4.78 is 0. The fraction of sp³-hybridized carbons (Fsp3) is 0.767. The summed E-state index contributed by atoms with van der Waals surface area (Å²) in [5.74, 6) is -0.764. The molecule has 0 amide bonds. The zero-order chi connectivity index (χ0) is 24.3. The van der Waals surface area contributed by atoms with Crippen LogP contribution in [-0.4, -0.2) is 60.1 Å². The number of hydrogen-bond donors (Lipinski definition) is 1. The molecule has 1 N–H and O–H groups in total. The highest BCUT2D eigenvalue weighted by molar-refractivity contribution is 5.70. The van der Waals surface area contributed by atoms with Gasteiger partial charge in [0.25, 0.3) is 0 Å². The molecule has 0 bridgehead atoms. The van der Waals surface area contributed by atoms with Crippen LogP contribution in [0.4, 0.5) is 0 Å². The van der Waals surface area contributed by atoms with E-state index in [4.69, 9.17) is 5.11 Å². The number of aliphatic carboxylic acids is 1. The third-order valence-corrected chi connectivity index (χ3v) is 7.39. The van der Waals surface area contributed by atoms with Gasteiger partial charge in [0.15, 0.2) is 0 Å². The molecule has 4 nitrogen and oxygen atoms in total. The molecule has 1 heterocycles. The molecule has 4 heteroatoms. The topological polar surface area (TPSA) is 43.8 Å². The summed E-state index contributed by atoms with van der Waals surface area (Å²) in [6, 6.07) is 8.09. The van der Waals surface area contributed by atoms with E-state index >= 15 is 0 Å². The van der Waals surface area contributed by atoms with E-state index in [9.17, 15) is 4.79 Å². The molecule has 0 saturated carbocycles. The Labute approximate surface area is 210 Å². The van der Waals surface area contributed by atoms with E-state index in [0.717, 1.165) is 18.5 Å². The molecule has 1 fully saturated rings. The largest absolute Gasteiger partial charge is 0.481 e. The van der Waals surface area contributed by atoms with Crippen molar-refractivity contribution in [2.24, 2.45) is 0 Å². The van der Waals surface area contributed by atoms with Crippen LogP contribution < -0.4 is 0 Å². The SMILES string of the molecule is CCCCCCCCCCCCCCCCN1CCN(CCc2ccc(CC(=O)O)cc2)CC1. The van der Waals surface area contributed by atoms with E-state index in [1.165, 1.54) is 128 Å². The molecule has 1 saturated heterocycles. The average Bonchev–Trinajstić information content (AvgIpc) is 2.84. The van der Waals surface area contributed by atoms with Crippen molar-refractivity contribution in [3.63, 3.8) is 0 Å². The minimum absolute atomic E-state index is 0.113. The molecule has 34 heavy (non-hydrogen) atoms. The molecule has 0 aromatic heterocycles. The molecule has 0 spiro atoms. The van der Waals surface area contributed by atoms with Crippen molar-refractivity contribution in [1.82, 2.24) is 9.80 Å². The van der Waals surface area contributed by atoms with Crippen LogP contribution in [0.3, 0.4) is 0 Å². The maximum Gasteiger partial charge on any atom is 0.307 e. The van der Waals surface area contributed by atoms with Gasteiger partial charge in [0.2, 0.25) is 0 Å². The first kappa shape index (κ1) is 28.8. The van der Waals surface area contributed by atoms with Crippen LogP contribution in [0.1, 0.15) is 108 Å². The first-order valence-electron chi connectivity index (χ1n) is 14.4. The van der Waals surface area contributed by atoms with Gasteiger partial charge >= 0.3 is 5.97 Å². The molecule has 1 aromatic rings. The second-order valence-electron chi connectivity index (χ2n) is 10.4. The number of carbonyl (C=O) groups is 1. The molecule has 0 atom stereocenters. The van der Waals surface area contributed by atoms with Gasteiger partial charge in [-0.05, 0) is 30.5 Å². The molecule has 1 aliphatic rings. The second-order valence-corrected chi connectivity index (χ2v) is 10.4. The minimum Gasteiger partial charge on any atom is -0.481 e. The predicted octanol–water partition coefficient (Wildman–Crippen LogP) is 6.96. The monoisotopic (exact) mass is 472 g/mol. The molecule has 0 radical (unpaired) electrons. The molecule has 1 aliphatic heterocycles. The summed E-state index contributed by atoms with van der Waals surface area (Å²) in [5.41, 5.74) is 2.19. The van der Waals surface area contributed by atoms with E-state index in [2.05, 4.69) is 28.9 Å². The lowest BCUT2D eigenvalue weighted by molar-refractivity contribution is -0.136. The second kappa shape index (κ2) is 18.9. The number of hydrogen-bond acceptors (Lipinski definition) is 3. The van der Waals surface area contributed by atoms with Crippen molar-refractivity contribution in [3.05, 3.63) is 35.4 Å². The van der Waals surface area contributed by atoms with E-state index in [1.54, 1.807) is 0 Å². The van der Waals surface area contributed by atoms with Gasteiger partial charge in [0.05, 0.1) is 6.42 Å². The van der Waals surface area contributed by atoms with Crippen molar-refractivity contribution < 1.29 is 9.90 Å². The fourth-order valence-electron chi connectivity index (χ4n) is 5.05. The van der Waals surface area contributed by atoms with E-state index in [0.29, 0.717) is 0 Å². The Balaban J connectivity index is 1.38. The Hall–Kier alpha value is -1.39. The number of rotatable bonds is 20. The maximum absolute atomic E-state index is 10.8. The van der Waals surface area contributed by atoms with Crippen molar-refractivity contribution in [2.75, 3.05) is 39.3 Å². The average molecular weight is 473 g/mol. The van der Waals surface area contributed by atoms with Crippen molar-refractivity contribution >= 4 is 5.97 Å². The lowest BCUT2D eigenvalue weighted by atomic mass is 10.0. The maximum atomic E-state index is 10.8. The van der Waals surface area contributed by atoms with Crippen LogP contribution in [0.25, 0.3) is 0 Å². The molecule has 0 unspecified atom stereocenters. The third kappa shape index (κ3) is 14.1. The van der Waals surface area contributed by atoms with E-state index < -0.39 is 5.97 Å². The lowest BCUT2D eigenvalue weighted by Gasteiger charge is -2.34. The first-order valence-corrected chi connectivity index (χ1v) is 14.4. The van der Waals surface area contributed by atoms with E-state index in [1.807, 2.05) is 12.1 Å².